The average Bonchev–Trinajstić information content (AvgIpc) is 2.37. The number of carbonyl (C=O) groups is 1. The summed E-state index contributed by atoms with van der Waals surface area (Å²) in [6, 6.07) is 11.9. The Morgan fingerprint density at radius 1 is 1.22 bits per heavy atom. The number of aliphatic carboxylic acids is 1. The van der Waals surface area contributed by atoms with Gasteiger partial charge in [-0.3, -0.25) is 4.79 Å². The molecule has 0 fully saturated rings. The zero-order valence-corrected chi connectivity index (χ0v) is 10.1. The van der Waals surface area contributed by atoms with Gasteiger partial charge in [-0.05, 0) is 34.5 Å². The molecule has 0 aliphatic rings. The molecular weight excluding hydrogens is 230 g/mol. The summed E-state index contributed by atoms with van der Waals surface area (Å²) in [5, 5.41) is 13.6. The van der Waals surface area contributed by atoms with Gasteiger partial charge in [-0.1, -0.05) is 18.2 Å². The van der Waals surface area contributed by atoms with Crippen LogP contribution in [0.5, 0.6) is 5.75 Å². The fourth-order valence-corrected chi connectivity index (χ4v) is 1.82. The van der Waals surface area contributed by atoms with Crippen molar-refractivity contribution in [2.45, 2.75) is 6.54 Å². The van der Waals surface area contributed by atoms with E-state index in [0.29, 0.717) is 6.54 Å². The lowest BCUT2D eigenvalue weighted by Gasteiger charge is -2.06. The molecule has 2 rings (SSSR count). The van der Waals surface area contributed by atoms with Crippen LogP contribution in [-0.4, -0.2) is 24.7 Å². The Morgan fingerprint density at radius 3 is 2.67 bits per heavy atom. The molecule has 0 radical (unpaired) electrons. The number of fused-ring (bicyclic) bond motifs is 1. The van der Waals surface area contributed by atoms with Crippen LogP contribution in [0.2, 0.25) is 0 Å². The number of hydrogen-bond acceptors (Lipinski definition) is 3. The van der Waals surface area contributed by atoms with Gasteiger partial charge in [0.15, 0.2) is 0 Å². The van der Waals surface area contributed by atoms with E-state index in [1.165, 1.54) is 0 Å². The Hall–Kier alpha value is -2.07. The highest BCUT2D eigenvalue weighted by Gasteiger charge is 2.00. The summed E-state index contributed by atoms with van der Waals surface area (Å²) in [5.74, 6) is -0.0141. The number of carboxylic acid groups (broad SMARTS) is 1. The molecule has 0 heterocycles. The summed E-state index contributed by atoms with van der Waals surface area (Å²) in [7, 11) is 1.64. The number of methoxy groups -OCH3 is 1. The first-order chi connectivity index (χ1) is 8.69. The molecule has 2 aromatic carbocycles. The Balaban J connectivity index is 2.15. The van der Waals surface area contributed by atoms with Crippen LogP contribution in [0.4, 0.5) is 0 Å². The fourth-order valence-electron chi connectivity index (χ4n) is 1.82. The first-order valence-corrected chi connectivity index (χ1v) is 5.68. The Kier molecular flexibility index (Phi) is 3.79. The average molecular weight is 245 g/mol. The molecule has 0 spiro atoms. The predicted octanol–water partition coefficient (Wildman–Crippen LogP) is 2.02. The topological polar surface area (TPSA) is 58.6 Å². The molecule has 2 aromatic rings. The first-order valence-electron chi connectivity index (χ1n) is 5.68. The van der Waals surface area contributed by atoms with Crippen LogP contribution < -0.4 is 10.1 Å². The maximum Gasteiger partial charge on any atom is 0.317 e. The van der Waals surface area contributed by atoms with E-state index in [-0.39, 0.29) is 6.54 Å². The third-order valence-electron chi connectivity index (χ3n) is 2.72. The van der Waals surface area contributed by atoms with Crippen molar-refractivity contribution < 1.29 is 14.6 Å². The summed E-state index contributed by atoms with van der Waals surface area (Å²) < 4.78 is 5.17. The minimum Gasteiger partial charge on any atom is -0.497 e. The van der Waals surface area contributed by atoms with E-state index in [4.69, 9.17) is 9.84 Å². The number of nitrogens with one attached hydrogen (secondary N) is 1. The quantitative estimate of drug-likeness (QED) is 0.846. The van der Waals surface area contributed by atoms with Crippen molar-refractivity contribution in [2.75, 3.05) is 13.7 Å². The second kappa shape index (κ2) is 5.51. The van der Waals surface area contributed by atoms with E-state index in [9.17, 15) is 4.79 Å². The number of carboxylic acids is 1. The van der Waals surface area contributed by atoms with Gasteiger partial charge < -0.3 is 15.2 Å². The SMILES string of the molecule is COc1ccc2cc(CNCC(=O)O)ccc2c1. The molecule has 2 N–H and O–H groups in total. The van der Waals surface area contributed by atoms with Crippen molar-refractivity contribution >= 4 is 16.7 Å². The maximum atomic E-state index is 10.4. The van der Waals surface area contributed by atoms with Crippen LogP contribution in [0.3, 0.4) is 0 Å². The third-order valence-corrected chi connectivity index (χ3v) is 2.72. The highest BCUT2D eigenvalue weighted by Crippen LogP contribution is 2.21. The second-order valence-electron chi connectivity index (χ2n) is 4.04. The lowest BCUT2D eigenvalue weighted by molar-refractivity contribution is -0.135. The molecule has 18 heavy (non-hydrogen) atoms. The summed E-state index contributed by atoms with van der Waals surface area (Å²) in [6.45, 7) is 0.523. The lowest BCUT2D eigenvalue weighted by Crippen LogP contribution is -2.21. The summed E-state index contributed by atoms with van der Waals surface area (Å²) >= 11 is 0. The van der Waals surface area contributed by atoms with Gasteiger partial charge in [0.2, 0.25) is 0 Å². The molecule has 0 saturated carbocycles. The Labute approximate surface area is 105 Å². The molecule has 0 atom stereocenters. The van der Waals surface area contributed by atoms with E-state index >= 15 is 0 Å². The van der Waals surface area contributed by atoms with E-state index < -0.39 is 5.97 Å². The van der Waals surface area contributed by atoms with Gasteiger partial charge in [0.05, 0.1) is 13.7 Å². The standard InChI is InChI=1S/C14H15NO3/c1-18-13-5-4-11-6-10(2-3-12(11)7-13)8-15-9-14(16)17/h2-7,15H,8-9H2,1H3,(H,16,17). The summed E-state index contributed by atoms with van der Waals surface area (Å²) in [5.41, 5.74) is 1.06. The summed E-state index contributed by atoms with van der Waals surface area (Å²) in [4.78, 5) is 10.4. The highest BCUT2D eigenvalue weighted by atomic mass is 16.5. The van der Waals surface area contributed by atoms with Crippen LogP contribution in [0, 0.1) is 0 Å². The van der Waals surface area contributed by atoms with Gasteiger partial charge >= 0.3 is 5.97 Å². The molecule has 94 valence electrons. The Morgan fingerprint density at radius 2 is 1.94 bits per heavy atom. The van der Waals surface area contributed by atoms with E-state index in [1.54, 1.807) is 7.11 Å². The van der Waals surface area contributed by atoms with E-state index in [1.807, 2.05) is 36.4 Å². The van der Waals surface area contributed by atoms with Crippen molar-refractivity contribution in [1.82, 2.24) is 5.32 Å². The van der Waals surface area contributed by atoms with Crippen LogP contribution in [0.25, 0.3) is 10.8 Å². The Bertz CT molecular complexity index is 566. The molecule has 0 aromatic heterocycles. The zero-order chi connectivity index (χ0) is 13.0. The van der Waals surface area contributed by atoms with Gasteiger partial charge in [-0.2, -0.15) is 0 Å². The van der Waals surface area contributed by atoms with Crippen LogP contribution in [-0.2, 0) is 11.3 Å². The molecule has 4 nitrogen and oxygen atoms in total. The summed E-state index contributed by atoms with van der Waals surface area (Å²) in [6.07, 6.45) is 0. The van der Waals surface area contributed by atoms with Gasteiger partial charge in [0, 0.05) is 6.54 Å². The largest absolute Gasteiger partial charge is 0.497 e. The third kappa shape index (κ3) is 2.99. The molecular formula is C14H15NO3. The fraction of sp³-hybridized carbons (Fsp3) is 0.214. The van der Waals surface area contributed by atoms with E-state index in [0.717, 1.165) is 22.1 Å². The molecule has 0 aliphatic carbocycles. The van der Waals surface area contributed by atoms with Crippen LogP contribution >= 0.6 is 0 Å². The number of benzene rings is 2. The maximum absolute atomic E-state index is 10.4. The van der Waals surface area contributed by atoms with Crippen LogP contribution in [0.1, 0.15) is 5.56 Å². The monoisotopic (exact) mass is 245 g/mol. The predicted molar refractivity (Wildman–Crippen MR) is 69.8 cm³/mol. The van der Waals surface area contributed by atoms with Crippen molar-refractivity contribution in [3.8, 4) is 5.75 Å². The molecule has 0 amide bonds. The van der Waals surface area contributed by atoms with Gasteiger partial charge in [-0.15, -0.1) is 0 Å². The normalized spacial score (nSPS) is 10.5. The first kappa shape index (κ1) is 12.4. The zero-order valence-electron chi connectivity index (χ0n) is 10.1. The lowest BCUT2D eigenvalue weighted by atomic mass is 10.1. The number of rotatable bonds is 5. The molecule has 0 saturated heterocycles. The molecule has 4 heteroatoms. The van der Waals surface area contributed by atoms with Crippen LogP contribution in [0.15, 0.2) is 36.4 Å². The van der Waals surface area contributed by atoms with Gasteiger partial charge in [0.25, 0.3) is 0 Å². The van der Waals surface area contributed by atoms with E-state index in [2.05, 4.69) is 5.32 Å². The minimum atomic E-state index is -0.847. The molecule has 0 unspecified atom stereocenters. The van der Waals surface area contributed by atoms with Crippen molar-refractivity contribution in [3.63, 3.8) is 0 Å². The smallest absolute Gasteiger partial charge is 0.317 e. The highest BCUT2D eigenvalue weighted by molar-refractivity contribution is 5.84. The van der Waals surface area contributed by atoms with Crippen molar-refractivity contribution in [1.29, 1.82) is 0 Å². The second-order valence-corrected chi connectivity index (χ2v) is 4.04. The number of ether oxygens (including phenoxy) is 1. The van der Waals surface area contributed by atoms with Crippen molar-refractivity contribution in [2.24, 2.45) is 0 Å². The molecule has 0 bridgehead atoms. The van der Waals surface area contributed by atoms with Gasteiger partial charge in [0.1, 0.15) is 5.75 Å². The molecule has 0 aliphatic heterocycles. The number of hydrogen-bond donors (Lipinski definition) is 2. The van der Waals surface area contributed by atoms with Gasteiger partial charge in [-0.25, -0.2) is 0 Å². The minimum absolute atomic E-state index is 0.0271. The van der Waals surface area contributed by atoms with Crippen molar-refractivity contribution in [3.05, 3.63) is 42.0 Å².